The van der Waals surface area contributed by atoms with Crippen molar-refractivity contribution in [3.05, 3.63) is 18.2 Å². The molecule has 1 unspecified atom stereocenters. The molecule has 0 radical (unpaired) electrons. The number of benzene rings is 1. The van der Waals surface area contributed by atoms with E-state index in [4.69, 9.17) is 15.2 Å². The van der Waals surface area contributed by atoms with Crippen LogP contribution in [-0.4, -0.2) is 28.4 Å². The number of rotatable bonds is 5. The second-order valence-electron chi connectivity index (χ2n) is 5.84. The lowest BCUT2D eigenvalue weighted by molar-refractivity contribution is 0.101. The van der Waals surface area contributed by atoms with Gasteiger partial charge in [-0.2, -0.15) is 0 Å². The highest BCUT2D eigenvalue weighted by molar-refractivity contribution is 5.84. The zero-order valence-corrected chi connectivity index (χ0v) is 12.7. The fraction of sp³-hybridized carbons (Fsp3) is 0.562. The van der Waals surface area contributed by atoms with Gasteiger partial charge in [-0.1, -0.05) is 6.07 Å². The molecule has 1 saturated heterocycles. The highest BCUT2D eigenvalue weighted by Crippen LogP contribution is 2.28. The highest BCUT2D eigenvalue weighted by Gasteiger charge is 2.18. The van der Waals surface area contributed by atoms with Crippen LogP contribution in [0.4, 0.5) is 5.95 Å². The molecule has 2 aromatic rings. The molecule has 2 heterocycles. The van der Waals surface area contributed by atoms with E-state index in [1.165, 1.54) is 0 Å². The molecule has 0 bridgehead atoms. The Hall–Kier alpha value is -1.75. The quantitative estimate of drug-likeness (QED) is 0.919. The molecule has 0 aliphatic carbocycles. The SMILES string of the molecule is CC(C)Oc1cccc2c1nc(N)n2CCC1CCCO1. The molecule has 1 fully saturated rings. The number of nitrogens with two attached hydrogens (primary N) is 1. The zero-order chi connectivity index (χ0) is 14.8. The highest BCUT2D eigenvalue weighted by atomic mass is 16.5. The van der Waals surface area contributed by atoms with E-state index >= 15 is 0 Å². The van der Waals surface area contributed by atoms with Crippen LogP contribution < -0.4 is 10.5 Å². The Morgan fingerprint density at radius 3 is 3.05 bits per heavy atom. The maximum atomic E-state index is 6.09. The van der Waals surface area contributed by atoms with Crippen molar-refractivity contribution < 1.29 is 9.47 Å². The minimum Gasteiger partial charge on any atom is -0.489 e. The number of aryl methyl sites for hydroxylation is 1. The summed E-state index contributed by atoms with van der Waals surface area (Å²) < 4.78 is 13.6. The molecule has 1 atom stereocenters. The molecule has 114 valence electrons. The predicted molar refractivity (Wildman–Crippen MR) is 83.5 cm³/mol. The first kappa shape index (κ1) is 14.2. The van der Waals surface area contributed by atoms with Gasteiger partial charge in [-0.3, -0.25) is 0 Å². The summed E-state index contributed by atoms with van der Waals surface area (Å²) in [6, 6.07) is 5.98. The standard InChI is InChI=1S/C16H23N3O2/c1-11(2)21-14-7-3-6-13-15(14)18-16(17)19(13)9-8-12-5-4-10-20-12/h3,6-7,11-12H,4-5,8-10H2,1-2H3,(H2,17,18). The van der Waals surface area contributed by atoms with E-state index in [0.29, 0.717) is 12.1 Å². The fourth-order valence-electron chi connectivity index (χ4n) is 2.87. The third-order valence-corrected chi connectivity index (χ3v) is 3.83. The van der Waals surface area contributed by atoms with E-state index in [2.05, 4.69) is 9.55 Å². The molecular weight excluding hydrogens is 266 g/mol. The van der Waals surface area contributed by atoms with E-state index in [1.54, 1.807) is 0 Å². The third-order valence-electron chi connectivity index (χ3n) is 3.83. The van der Waals surface area contributed by atoms with Gasteiger partial charge in [0, 0.05) is 13.2 Å². The van der Waals surface area contributed by atoms with Crippen LogP contribution in [0.1, 0.15) is 33.1 Å². The summed E-state index contributed by atoms with van der Waals surface area (Å²) in [7, 11) is 0. The van der Waals surface area contributed by atoms with Gasteiger partial charge in [0.1, 0.15) is 11.3 Å². The zero-order valence-electron chi connectivity index (χ0n) is 12.7. The van der Waals surface area contributed by atoms with Gasteiger partial charge in [0.15, 0.2) is 0 Å². The molecule has 0 spiro atoms. The summed E-state index contributed by atoms with van der Waals surface area (Å²) in [5.41, 5.74) is 7.97. The smallest absolute Gasteiger partial charge is 0.201 e. The van der Waals surface area contributed by atoms with Crippen LogP contribution in [0, 0.1) is 0 Å². The third kappa shape index (κ3) is 2.97. The Bertz CT molecular complexity index is 615. The molecule has 21 heavy (non-hydrogen) atoms. The summed E-state index contributed by atoms with van der Waals surface area (Å²) >= 11 is 0. The van der Waals surface area contributed by atoms with Gasteiger partial charge < -0.3 is 19.8 Å². The van der Waals surface area contributed by atoms with E-state index in [0.717, 1.165) is 49.2 Å². The van der Waals surface area contributed by atoms with Crippen LogP contribution in [0.15, 0.2) is 18.2 Å². The van der Waals surface area contributed by atoms with Crippen LogP contribution in [0.25, 0.3) is 11.0 Å². The number of imidazole rings is 1. The van der Waals surface area contributed by atoms with Gasteiger partial charge in [0.2, 0.25) is 5.95 Å². The normalized spacial score (nSPS) is 18.7. The van der Waals surface area contributed by atoms with E-state index in [-0.39, 0.29) is 6.10 Å². The molecule has 1 aliphatic rings. The number of nitrogens with zero attached hydrogens (tertiary/aromatic N) is 2. The molecule has 0 saturated carbocycles. The lowest BCUT2D eigenvalue weighted by atomic mass is 10.2. The summed E-state index contributed by atoms with van der Waals surface area (Å²) in [5.74, 6) is 1.34. The van der Waals surface area contributed by atoms with Crippen molar-refractivity contribution in [1.29, 1.82) is 0 Å². The van der Waals surface area contributed by atoms with Gasteiger partial charge in [0.25, 0.3) is 0 Å². The Labute approximate surface area is 125 Å². The summed E-state index contributed by atoms with van der Waals surface area (Å²) in [6.45, 7) is 5.74. The van der Waals surface area contributed by atoms with Crippen molar-refractivity contribution >= 4 is 17.0 Å². The fourth-order valence-corrected chi connectivity index (χ4v) is 2.87. The van der Waals surface area contributed by atoms with Gasteiger partial charge in [-0.15, -0.1) is 0 Å². The second-order valence-corrected chi connectivity index (χ2v) is 5.84. The molecule has 3 rings (SSSR count). The monoisotopic (exact) mass is 289 g/mol. The Kier molecular flexibility index (Phi) is 4.01. The number of fused-ring (bicyclic) bond motifs is 1. The molecule has 5 heteroatoms. The Balaban J connectivity index is 1.86. The number of ether oxygens (including phenoxy) is 2. The molecule has 1 aromatic carbocycles. The van der Waals surface area contributed by atoms with Crippen LogP contribution in [-0.2, 0) is 11.3 Å². The summed E-state index contributed by atoms with van der Waals surface area (Å²) in [4.78, 5) is 4.49. The first-order valence-corrected chi connectivity index (χ1v) is 7.68. The Morgan fingerprint density at radius 1 is 1.48 bits per heavy atom. The first-order chi connectivity index (χ1) is 10.1. The Morgan fingerprint density at radius 2 is 2.33 bits per heavy atom. The van der Waals surface area contributed by atoms with Crippen molar-refractivity contribution in [3.63, 3.8) is 0 Å². The lowest BCUT2D eigenvalue weighted by Gasteiger charge is -2.12. The topological polar surface area (TPSA) is 62.3 Å². The van der Waals surface area contributed by atoms with Crippen LogP contribution in [0.5, 0.6) is 5.75 Å². The average Bonchev–Trinajstić information content (AvgIpc) is 3.04. The maximum Gasteiger partial charge on any atom is 0.201 e. The van der Waals surface area contributed by atoms with Crippen LogP contribution in [0.2, 0.25) is 0 Å². The van der Waals surface area contributed by atoms with E-state index in [9.17, 15) is 0 Å². The summed E-state index contributed by atoms with van der Waals surface area (Å²) in [5, 5.41) is 0. The summed E-state index contributed by atoms with van der Waals surface area (Å²) in [6.07, 6.45) is 3.77. The molecular formula is C16H23N3O2. The van der Waals surface area contributed by atoms with Crippen molar-refractivity contribution in [2.75, 3.05) is 12.3 Å². The first-order valence-electron chi connectivity index (χ1n) is 7.68. The van der Waals surface area contributed by atoms with Gasteiger partial charge >= 0.3 is 0 Å². The van der Waals surface area contributed by atoms with E-state index in [1.807, 2.05) is 32.0 Å². The van der Waals surface area contributed by atoms with Crippen molar-refractivity contribution in [2.45, 2.75) is 51.9 Å². The van der Waals surface area contributed by atoms with E-state index < -0.39 is 0 Å². The second kappa shape index (κ2) is 5.93. The number of nitrogen functional groups attached to an aromatic ring is 1. The average molecular weight is 289 g/mol. The van der Waals surface area contributed by atoms with Crippen molar-refractivity contribution in [3.8, 4) is 5.75 Å². The number of aromatic nitrogens is 2. The molecule has 0 amide bonds. The van der Waals surface area contributed by atoms with Crippen molar-refractivity contribution in [2.24, 2.45) is 0 Å². The number of hydrogen-bond acceptors (Lipinski definition) is 4. The minimum absolute atomic E-state index is 0.119. The van der Waals surface area contributed by atoms with Gasteiger partial charge in [-0.25, -0.2) is 4.98 Å². The van der Waals surface area contributed by atoms with Crippen LogP contribution in [0.3, 0.4) is 0 Å². The van der Waals surface area contributed by atoms with Crippen molar-refractivity contribution in [1.82, 2.24) is 9.55 Å². The molecule has 1 aromatic heterocycles. The molecule has 2 N–H and O–H groups in total. The molecule has 5 nitrogen and oxygen atoms in total. The number of para-hydroxylation sites is 1. The largest absolute Gasteiger partial charge is 0.489 e. The number of anilines is 1. The van der Waals surface area contributed by atoms with Gasteiger partial charge in [-0.05, 0) is 45.2 Å². The maximum absolute atomic E-state index is 6.09. The van der Waals surface area contributed by atoms with Gasteiger partial charge in [0.05, 0.1) is 17.7 Å². The van der Waals surface area contributed by atoms with Crippen LogP contribution >= 0.6 is 0 Å². The number of hydrogen-bond donors (Lipinski definition) is 1. The molecule has 1 aliphatic heterocycles. The predicted octanol–water partition coefficient (Wildman–Crippen LogP) is 2.97. The minimum atomic E-state index is 0.119. The lowest BCUT2D eigenvalue weighted by Crippen LogP contribution is -2.11.